The molecule has 0 aliphatic carbocycles. The predicted octanol–water partition coefficient (Wildman–Crippen LogP) is 1.19. The number of amides is 1. The van der Waals surface area contributed by atoms with Gasteiger partial charge in [0.2, 0.25) is 5.91 Å². The fraction of sp³-hybridized carbons (Fsp3) is 0.467. The van der Waals surface area contributed by atoms with Crippen LogP contribution in [0, 0.1) is 0 Å². The number of carboxylic acids is 1. The predicted molar refractivity (Wildman–Crippen MR) is 77.4 cm³/mol. The molecule has 0 spiro atoms. The molecule has 1 aromatic carbocycles. The van der Waals surface area contributed by atoms with E-state index in [1.807, 2.05) is 12.1 Å². The lowest BCUT2D eigenvalue weighted by atomic mass is 10.1. The Balaban J connectivity index is 2.62. The number of nitrogens with zero attached hydrogens (tertiary/aromatic N) is 1. The Kier molecular flexibility index (Phi) is 7.25. The maximum atomic E-state index is 12.2. The molecule has 0 heterocycles. The summed E-state index contributed by atoms with van der Waals surface area (Å²) < 4.78 is 10.0. The van der Waals surface area contributed by atoms with Gasteiger partial charge in [-0.2, -0.15) is 0 Å². The van der Waals surface area contributed by atoms with Crippen LogP contribution in [-0.4, -0.2) is 55.8 Å². The van der Waals surface area contributed by atoms with E-state index >= 15 is 0 Å². The Morgan fingerprint density at radius 2 is 1.81 bits per heavy atom. The summed E-state index contributed by atoms with van der Waals surface area (Å²) in [4.78, 5) is 24.4. The number of ether oxygens (including phenoxy) is 2. The molecule has 6 heteroatoms. The summed E-state index contributed by atoms with van der Waals surface area (Å²) in [5, 5.41) is 8.73. The van der Waals surface area contributed by atoms with Gasteiger partial charge >= 0.3 is 5.97 Å². The molecule has 0 atom stereocenters. The first kappa shape index (κ1) is 17.0. The van der Waals surface area contributed by atoms with Crippen molar-refractivity contribution in [2.45, 2.75) is 12.8 Å². The molecule has 21 heavy (non-hydrogen) atoms. The molecule has 0 aliphatic heterocycles. The molecule has 1 aromatic rings. The molecule has 1 amide bonds. The van der Waals surface area contributed by atoms with Crippen LogP contribution in [0.2, 0.25) is 0 Å². The molecular weight excluding hydrogens is 274 g/mol. The molecule has 0 fully saturated rings. The van der Waals surface area contributed by atoms with E-state index in [2.05, 4.69) is 0 Å². The summed E-state index contributed by atoms with van der Waals surface area (Å²) in [7, 11) is 3.13. The van der Waals surface area contributed by atoms with E-state index < -0.39 is 5.97 Å². The van der Waals surface area contributed by atoms with Gasteiger partial charge in [0.15, 0.2) is 0 Å². The molecule has 1 rings (SSSR count). The average molecular weight is 295 g/mol. The molecule has 0 aliphatic rings. The number of methoxy groups -OCH3 is 2. The van der Waals surface area contributed by atoms with Crippen LogP contribution in [0.3, 0.4) is 0 Å². The van der Waals surface area contributed by atoms with Crippen molar-refractivity contribution >= 4 is 11.9 Å². The van der Waals surface area contributed by atoms with Crippen molar-refractivity contribution in [1.29, 1.82) is 0 Å². The van der Waals surface area contributed by atoms with Crippen LogP contribution >= 0.6 is 0 Å². The van der Waals surface area contributed by atoms with Gasteiger partial charge in [-0.3, -0.25) is 9.59 Å². The van der Waals surface area contributed by atoms with E-state index in [4.69, 9.17) is 14.6 Å². The van der Waals surface area contributed by atoms with Gasteiger partial charge in [0.1, 0.15) is 5.75 Å². The van der Waals surface area contributed by atoms with Crippen molar-refractivity contribution in [2.24, 2.45) is 0 Å². The van der Waals surface area contributed by atoms with Crippen molar-refractivity contribution in [2.75, 3.05) is 33.9 Å². The number of carboxylic acid groups (broad SMARTS) is 1. The molecule has 1 N–H and O–H groups in total. The third-order valence-corrected chi connectivity index (χ3v) is 3.03. The van der Waals surface area contributed by atoms with Crippen LogP contribution in [0.4, 0.5) is 0 Å². The molecule has 116 valence electrons. The number of carbonyl (C=O) groups is 2. The zero-order chi connectivity index (χ0) is 15.7. The van der Waals surface area contributed by atoms with Crippen LogP contribution in [0.5, 0.6) is 5.75 Å². The third kappa shape index (κ3) is 6.27. The normalized spacial score (nSPS) is 10.2. The quantitative estimate of drug-likeness (QED) is 0.740. The SMILES string of the molecule is COCCN(CCC(=O)O)C(=O)Cc1ccc(OC)cc1. The molecule has 0 bridgehead atoms. The monoisotopic (exact) mass is 295 g/mol. The largest absolute Gasteiger partial charge is 0.497 e. The van der Waals surface area contributed by atoms with Gasteiger partial charge in [0, 0.05) is 20.2 Å². The summed E-state index contributed by atoms with van der Waals surface area (Å²) >= 11 is 0. The minimum absolute atomic E-state index is 0.0714. The number of hydrogen-bond donors (Lipinski definition) is 1. The van der Waals surface area contributed by atoms with Crippen LogP contribution < -0.4 is 4.74 Å². The molecule has 0 aromatic heterocycles. The van der Waals surface area contributed by atoms with Crippen LogP contribution in [0.15, 0.2) is 24.3 Å². The number of carbonyl (C=O) groups excluding carboxylic acids is 1. The summed E-state index contributed by atoms with van der Waals surface area (Å²) in [5.74, 6) is -0.304. The Labute approximate surface area is 124 Å². The van der Waals surface area contributed by atoms with E-state index in [0.29, 0.717) is 13.2 Å². The summed E-state index contributed by atoms with van der Waals surface area (Å²) in [5.41, 5.74) is 0.860. The number of hydrogen-bond acceptors (Lipinski definition) is 4. The highest BCUT2D eigenvalue weighted by Crippen LogP contribution is 2.12. The summed E-state index contributed by atoms with van der Waals surface area (Å²) in [6, 6.07) is 7.23. The second-order valence-corrected chi connectivity index (χ2v) is 4.54. The topological polar surface area (TPSA) is 76.1 Å². The average Bonchev–Trinajstić information content (AvgIpc) is 2.47. The van der Waals surface area contributed by atoms with Crippen molar-refractivity contribution < 1.29 is 24.2 Å². The fourth-order valence-corrected chi connectivity index (χ4v) is 1.82. The van der Waals surface area contributed by atoms with E-state index in [0.717, 1.165) is 11.3 Å². The standard InChI is InChI=1S/C15H21NO5/c1-20-10-9-16(8-7-15(18)19)14(17)11-12-3-5-13(21-2)6-4-12/h3-6H,7-11H2,1-2H3,(H,18,19). The smallest absolute Gasteiger partial charge is 0.305 e. The number of aliphatic carboxylic acids is 1. The highest BCUT2D eigenvalue weighted by Gasteiger charge is 2.15. The molecular formula is C15H21NO5. The first-order chi connectivity index (χ1) is 10.1. The molecule has 0 saturated carbocycles. The van der Waals surface area contributed by atoms with Crippen molar-refractivity contribution in [3.8, 4) is 5.75 Å². The zero-order valence-corrected chi connectivity index (χ0v) is 12.4. The minimum atomic E-state index is -0.922. The van der Waals surface area contributed by atoms with Gasteiger partial charge in [-0.1, -0.05) is 12.1 Å². The molecule has 0 saturated heterocycles. The van der Waals surface area contributed by atoms with E-state index in [1.165, 1.54) is 4.90 Å². The van der Waals surface area contributed by atoms with Crippen LogP contribution in [0.1, 0.15) is 12.0 Å². The Hall–Kier alpha value is -2.08. The van der Waals surface area contributed by atoms with E-state index in [1.54, 1.807) is 26.4 Å². The second kappa shape index (κ2) is 8.97. The first-order valence-corrected chi connectivity index (χ1v) is 6.68. The van der Waals surface area contributed by atoms with Crippen LogP contribution in [0.25, 0.3) is 0 Å². The zero-order valence-electron chi connectivity index (χ0n) is 12.4. The fourth-order valence-electron chi connectivity index (χ4n) is 1.82. The van der Waals surface area contributed by atoms with Gasteiger partial charge < -0.3 is 19.5 Å². The van der Waals surface area contributed by atoms with Crippen LogP contribution in [-0.2, 0) is 20.7 Å². The molecule has 6 nitrogen and oxygen atoms in total. The minimum Gasteiger partial charge on any atom is -0.497 e. The lowest BCUT2D eigenvalue weighted by Crippen LogP contribution is -2.36. The maximum Gasteiger partial charge on any atom is 0.305 e. The maximum absolute atomic E-state index is 12.2. The third-order valence-electron chi connectivity index (χ3n) is 3.03. The van der Waals surface area contributed by atoms with Crippen molar-refractivity contribution in [3.05, 3.63) is 29.8 Å². The Morgan fingerprint density at radius 3 is 2.33 bits per heavy atom. The number of rotatable bonds is 9. The van der Waals surface area contributed by atoms with Gasteiger partial charge in [-0.25, -0.2) is 0 Å². The summed E-state index contributed by atoms with van der Waals surface area (Å²) in [6.45, 7) is 0.959. The number of benzene rings is 1. The first-order valence-electron chi connectivity index (χ1n) is 6.68. The highest BCUT2D eigenvalue weighted by molar-refractivity contribution is 5.79. The Bertz CT molecular complexity index is 458. The van der Waals surface area contributed by atoms with Crippen molar-refractivity contribution in [1.82, 2.24) is 4.90 Å². The Morgan fingerprint density at radius 1 is 1.14 bits per heavy atom. The van der Waals surface area contributed by atoms with Gasteiger partial charge in [-0.05, 0) is 17.7 Å². The summed E-state index contributed by atoms with van der Waals surface area (Å²) in [6.07, 6.45) is 0.158. The highest BCUT2D eigenvalue weighted by atomic mass is 16.5. The van der Waals surface area contributed by atoms with E-state index in [-0.39, 0.29) is 25.3 Å². The lowest BCUT2D eigenvalue weighted by Gasteiger charge is -2.21. The molecule has 0 radical (unpaired) electrons. The van der Waals surface area contributed by atoms with Gasteiger partial charge in [0.25, 0.3) is 0 Å². The van der Waals surface area contributed by atoms with Gasteiger partial charge in [0.05, 0.1) is 26.6 Å². The van der Waals surface area contributed by atoms with Gasteiger partial charge in [-0.15, -0.1) is 0 Å². The van der Waals surface area contributed by atoms with E-state index in [9.17, 15) is 9.59 Å². The lowest BCUT2D eigenvalue weighted by molar-refractivity contribution is -0.138. The van der Waals surface area contributed by atoms with Crippen molar-refractivity contribution in [3.63, 3.8) is 0 Å². The second-order valence-electron chi connectivity index (χ2n) is 4.54. The molecule has 0 unspecified atom stereocenters.